The van der Waals surface area contributed by atoms with E-state index in [1.165, 1.54) is 83.8 Å². The normalized spacial score (nSPS) is 24.2. The lowest BCUT2D eigenvalue weighted by Crippen LogP contribution is -2.52. The van der Waals surface area contributed by atoms with Gasteiger partial charge in [0.05, 0.1) is 34.1 Å². The first-order valence-corrected chi connectivity index (χ1v) is 23.5. The highest BCUT2D eigenvalue weighted by Gasteiger charge is 2.61. The Balaban J connectivity index is 1.30. The summed E-state index contributed by atoms with van der Waals surface area (Å²) in [6.45, 7) is 19.9. The topological polar surface area (TPSA) is 13.0 Å². The lowest BCUT2D eigenvalue weighted by molar-refractivity contribution is 0.461. The van der Waals surface area contributed by atoms with Gasteiger partial charge in [0, 0.05) is 49.5 Å². The molecule has 5 aromatic rings. The molecule has 0 amide bonds. The number of hydrogen-bond acceptors (Lipinski definition) is 4. The lowest BCUT2D eigenvalue weighted by Gasteiger charge is -2.46. The van der Waals surface area contributed by atoms with E-state index in [1.807, 2.05) is 0 Å². The molecule has 0 spiro atoms. The predicted molar refractivity (Wildman–Crippen MR) is 257 cm³/mol. The van der Waals surface area contributed by atoms with Crippen molar-refractivity contribution in [3.8, 4) is 0 Å². The number of anilines is 7. The van der Waals surface area contributed by atoms with E-state index in [0.717, 1.165) is 12.8 Å². The van der Waals surface area contributed by atoms with Crippen molar-refractivity contribution in [3.63, 3.8) is 0 Å². The van der Waals surface area contributed by atoms with Crippen LogP contribution in [-0.2, 0) is 16.2 Å². The third kappa shape index (κ3) is 4.46. The van der Waals surface area contributed by atoms with Crippen LogP contribution in [-0.4, -0.2) is 6.98 Å². The molecular formula is C54H55BN4S. The molecule has 7 aliphatic rings. The molecule has 0 bridgehead atoms. The second kappa shape index (κ2) is 12.4. The third-order valence-electron chi connectivity index (χ3n) is 15.3. The fraction of sp³-hybridized carbons (Fsp3) is 0.296. The summed E-state index contributed by atoms with van der Waals surface area (Å²) in [6.07, 6.45) is 19.2. The van der Waals surface area contributed by atoms with Crippen LogP contribution in [0.25, 0.3) is 0 Å². The summed E-state index contributed by atoms with van der Waals surface area (Å²) in [5.74, 6) is 1.12. The van der Waals surface area contributed by atoms with Gasteiger partial charge in [-0.25, -0.2) is 0 Å². The predicted octanol–water partition coefficient (Wildman–Crippen LogP) is 14.2. The highest BCUT2D eigenvalue weighted by molar-refractivity contribution is 8.20. The van der Waals surface area contributed by atoms with Crippen molar-refractivity contribution in [3.05, 3.63) is 179 Å². The molecule has 6 heteroatoms. The standard InChI is InChI=1S/C54H55BN4S/c1-34(2)36-24-12-17-29-41(36)55-56(35-22-10-9-11-23-35)48-46-50-51(47-49(48)57(55)42-30-18-13-25-37(42)53(47,5)6)58-43-31-19-14-26-38(43)52(3,4)40-28-16-21-33-45(40)60(58)59(50)44-32-20-15-27-39(44)54(46,7)8/h10,12-34,36,41,60H,9,11H2,1-8H3/t36-,41?/m0/s1. The van der Waals surface area contributed by atoms with Crippen molar-refractivity contribution in [1.29, 1.82) is 0 Å². The zero-order chi connectivity index (χ0) is 41.0. The smallest absolute Gasteiger partial charge is 0.364 e. The van der Waals surface area contributed by atoms with Gasteiger partial charge in [-0.1, -0.05) is 176 Å². The maximum Gasteiger partial charge on any atom is 0.392 e. The molecule has 5 heterocycles. The van der Waals surface area contributed by atoms with Crippen molar-refractivity contribution < 1.29 is 0 Å². The average molecular weight is 803 g/mol. The molecule has 0 saturated heterocycles. The maximum atomic E-state index is 2.87. The van der Waals surface area contributed by atoms with Gasteiger partial charge in [-0.2, -0.15) is 0 Å². The molecule has 5 aromatic carbocycles. The first-order valence-electron chi connectivity index (χ1n) is 22.3. The van der Waals surface area contributed by atoms with Crippen molar-refractivity contribution in [2.45, 2.75) is 95.2 Å². The maximum absolute atomic E-state index is 2.87. The Morgan fingerprint density at radius 2 is 1.08 bits per heavy atom. The van der Waals surface area contributed by atoms with E-state index < -0.39 is 11.3 Å². The summed E-state index contributed by atoms with van der Waals surface area (Å²) in [4.78, 5) is 7.13. The zero-order valence-electron chi connectivity index (χ0n) is 36.2. The van der Waals surface area contributed by atoms with E-state index in [1.54, 1.807) is 0 Å². The molecule has 300 valence electrons. The first-order chi connectivity index (χ1) is 29.0. The summed E-state index contributed by atoms with van der Waals surface area (Å²) >= 11 is -1.10. The minimum absolute atomic E-state index is 0.0383. The molecule has 0 aromatic heterocycles. The SMILES string of the molecule is CC(C)[C@@H]1C=CC=CC1B1N(C2=CCCC=C2)c2c3c(c4c5c2C(C)(C)c2ccccc2N5[SH]2c5ccccc5C(C)(C)c5ccccc5N42)C(C)(C)c2ccccc2N13. The Morgan fingerprint density at radius 3 is 1.68 bits per heavy atom. The van der Waals surface area contributed by atoms with Gasteiger partial charge >= 0.3 is 6.98 Å². The molecule has 0 N–H and O–H groups in total. The van der Waals surface area contributed by atoms with Crippen molar-refractivity contribution in [2.24, 2.45) is 11.8 Å². The summed E-state index contributed by atoms with van der Waals surface area (Å²) in [5.41, 5.74) is 18.7. The van der Waals surface area contributed by atoms with E-state index in [0.29, 0.717) is 11.8 Å². The van der Waals surface area contributed by atoms with Crippen molar-refractivity contribution in [2.75, 3.05) is 18.2 Å². The quantitative estimate of drug-likeness (QED) is 0.144. The highest BCUT2D eigenvalue weighted by atomic mass is 32.2. The van der Waals surface area contributed by atoms with E-state index in [-0.39, 0.29) is 29.0 Å². The van der Waals surface area contributed by atoms with E-state index in [2.05, 4.69) is 213 Å². The molecule has 4 nitrogen and oxygen atoms in total. The Morgan fingerprint density at radius 1 is 0.567 bits per heavy atom. The van der Waals surface area contributed by atoms with E-state index in [4.69, 9.17) is 0 Å². The number of para-hydroxylation sites is 3. The molecule has 2 unspecified atom stereocenters. The number of nitrogens with zero attached hydrogens (tertiary/aromatic N) is 4. The van der Waals surface area contributed by atoms with Crippen molar-refractivity contribution >= 4 is 58.1 Å². The summed E-state index contributed by atoms with van der Waals surface area (Å²) in [6, 6.07) is 37.6. The van der Waals surface area contributed by atoms with Crippen LogP contribution in [0.3, 0.4) is 0 Å². The number of benzene rings is 5. The van der Waals surface area contributed by atoms with Crippen LogP contribution in [0.15, 0.2) is 150 Å². The number of thiol groups is 1. The second-order valence-corrected chi connectivity index (χ2v) is 21.8. The van der Waals surface area contributed by atoms with Gasteiger partial charge in [0.15, 0.2) is 0 Å². The molecule has 2 aliphatic carbocycles. The molecule has 0 fully saturated rings. The first kappa shape index (κ1) is 36.5. The van der Waals surface area contributed by atoms with Gasteiger partial charge in [0.1, 0.15) is 0 Å². The average Bonchev–Trinajstić information content (AvgIpc) is 3.77. The molecule has 12 rings (SSSR count). The van der Waals surface area contributed by atoms with Gasteiger partial charge in [-0.05, 0) is 77.3 Å². The lowest BCUT2D eigenvalue weighted by atomic mass is 9.51. The molecular weight excluding hydrogens is 748 g/mol. The summed E-state index contributed by atoms with van der Waals surface area (Å²) in [5, 5.41) is 0. The third-order valence-corrected chi connectivity index (χ3v) is 17.7. The number of fused-ring (bicyclic) bond motifs is 13. The molecule has 0 radical (unpaired) electrons. The van der Waals surface area contributed by atoms with Gasteiger partial charge < -0.3 is 9.62 Å². The molecule has 60 heavy (non-hydrogen) atoms. The van der Waals surface area contributed by atoms with Crippen LogP contribution < -0.4 is 18.2 Å². The minimum Gasteiger partial charge on any atom is -0.364 e. The van der Waals surface area contributed by atoms with Gasteiger partial charge in [0.25, 0.3) is 0 Å². The van der Waals surface area contributed by atoms with E-state index >= 15 is 0 Å². The largest absolute Gasteiger partial charge is 0.392 e. The summed E-state index contributed by atoms with van der Waals surface area (Å²) in [7, 11) is 0. The van der Waals surface area contributed by atoms with Gasteiger partial charge in [-0.3, -0.25) is 8.61 Å². The molecule has 3 atom stereocenters. The van der Waals surface area contributed by atoms with Crippen LogP contribution in [0.1, 0.15) is 102 Å². The second-order valence-electron chi connectivity index (χ2n) is 19.9. The fourth-order valence-corrected chi connectivity index (χ4v) is 15.5. The van der Waals surface area contributed by atoms with Gasteiger partial charge in [-0.15, -0.1) is 0 Å². The Labute approximate surface area is 360 Å². The Bertz CT molecular complexity index is 2810. The Kier molecular flexibility index (Phi) is 7.54. The van der Waals surface area contributed by atoms with Crippen LogP contribution in [0.2, 0.25) is 5.82 Å². The van der Waals surface area contributed by atoms with Crippen LogP contribution >= 0.6 is 11.3 Å². The van der Waals surface area contributed by atoms with Crippen LogP contribution in [0.4, 0.5) is 39.8 Å². The molecule has 5 aliphatic heterocycles. The Hall–Kier alpha value is -5.33. The molecule has 0 saturated carbocycles. The van der Waals surface area contributed by atoms with E-state index in [9.17, 15) is 0 Å². The minimum atomic E-state index is -1.10. The summed E-state index contributed by atoms with van der Waals surface area (Å²) < 4.78 is 5.72. The number of hydrogen-bond donors (Lipinski definition) is 1. The van der Waals surface area contributed by atoms with Crippen molar-refractivity contribution in [1.82, 2.24) is 0 Å². The zero-order valence-corrected chi connectivity index (χ0v) is 37.1. The van der Waals surface area contributed by atoms with Crippen LogP contribution in [0, 0.1) is 11.8 Å². The fourth-order valence-electron chi connectivity index (χ4n) is 12.5. The number of rotatable bonds is 3. The monoisotopic (exact) mass is 802 g/mol. The highest BCUT2D eigenvalue weighted by Crippen LogP contribution is 2.77. The number of allylic oxidation sites excluding steroid dienone is 7. The van der Waals surface area contributed by atoms with Crippen LogP contribution in [0.5, 0.6) is 0 Å². The van der Waals surface area contributed by atoms with Gasteiger partial charge in [0.2, 0.25) is 0 Å².